The molecule has 2 heterocycles. The van der Waals surface area contributed by atoms with Gasteiger partial charge in [0.15, 0.2) is 5.65 Å². The van der Waals surface area contributed by atoms with Crippen LogP contribution in [0.5, 0.6) is 0 Å². The lowest BCUT2D eigenvalue weighted by atomic mass is 10.1. The molecule has 3 nitrogen and oxygen atoms in total. The minimum atomic E-state index is -0.429. The first-order chi connectivity index (χ1) is 10.1. The van der Waals surface area contributed by atoms with Crippen molar-refractivity contribution in [3.8, 4) is 0 Å². The van der Waals surface area contributed by atoms with Crippen molar-refractivity contribution in [3.05, 3.63) is 71.7 Å². The van der Waals surface area contributed by atoms with Gasteiger partial charge in [-0.25, -0.2) is 18.3 Å². The highest BCUT2D eigenvalue weighted by atomic mass is 19.1. The van der Waals surface area contributed by atoms with Gasteiger partial charge in [0.05, 0.1) is 0 Å². The van der Waals surface area contributed by atoms with Gasteiger partial charge in [-0.15, -0.1) is 0 Å². The van der Waals surface area contributed by atoms with Gasteiger partial charge in [0, 0.05) is 6.20 Å². The Labute approximate surface area is 120 Å². The van der Waals surface area contributed by atoms with E-state index in [1.165, 1.54) is 12.4 Å². The summed E-state index contributed by atoms with van der Waals surface area (Å²) in [5, 5.41) is 4.07. The van der Waals surface area contributed by atoms with Gasteiger partial charge in [-0.05, 0) is 60.4 Å². The first-order valence-corrected chi connectivity index (χ1v) is 6.54. The summed E-state index contributed by atoms with van der Waals surface area (Å²) in [6.45, 7) is 1.93. The highest BCUT2D eigenvalue weighted by Crippen LogP contribution is 2.17. The average Bonchev–Trinajstić information content (AvgIpc) is 2.95. The van der Waals surface area contributed by atoms with Gasteiger partial charge in [-0.2, -0.15) is 5.10 Å². The number of halogens is 2. The third-order valence-electron chi connectivity index (χ3n) is 3.37. The smallest absolute Gasteiger partial charge is 0.155 e. The number of aromatic nitrogens is 3. The van der Waals surface area contributed by atoms with Crippen molar-refractivity contribution in [2.45, 2.75) is 13.3 Å². The van der Waals surface area contributed by atoms with Gasteiger partial charge >= 0.3 is 0 Å². The predicted molar refractivity (Wildman–Crippen MR) is 76.7 cm³/mol. The van der Waals surface area contributed by atoms with Crippen molar-refractivity contribution in [1.82, 2.24) is 14.6 Å². The second-order valence-corrected chi connectivity index (χ2v) is 4.81. The number of pyridine rings is 1. The second-order valence-electron chi connectivity index (χ2n) is 4.81. The summed E-state index contributed by atoms with van der Waals surface area (Å²) in [5.74, 6) is -0.825. The van der Waals surface area contributed by atoms with Crippen LogP contribution in [0, 0.1) is 11.6 Å². The van der Waals surface area contributed by atoms with Crippen molar-refractivity contribution in [3.63, 3.8) is 0 Å². The Morgan fingerprint density at radius 3 is 2.95 bits per heavy atom. The molecule has 3 aromatic rings. The van der Waals surface area contributed by atoms with Gasteiger partial charge in [-0.1, -0.05) is 6.08 Å². The zero-order chi connectivity index (χ0) is 14.8. The SMILES string of the molecule is C/C(=C\Cc1cc(F)ccc1F)c1ccc2ncnn2c1. The Kier molecular flexibility index (Phi) is 3.48. The van der Waals surface area contributed by atoms with Gasteiger partial charge in [0.25, 0.3) is 0 Å². The van der Waals surface area contributed by atoms with Crippen LogP contribution in [0.3, 0.4) is 0 Å². The topological polar surface area (TPSA) is 30.2 Å². The van der Waals surface area contributed by atoms with Crippen LogP contribution >= 0.6 is 0 Å². The predicted octanol–water partition coefficient (Wildman–Crippen LogP) is 3.65. The lowest BCUT2D eigenvalue weighted by molar-refractivity contribution is 0.589. The van der Waals surface area contributed by atoms with Crippen LogP contribution in [0.1, 0.15) is 18.1 Å². The number of hydrogen-bond acceptors (Lipinski definition) is 2. The van der Waals surface area contributed by atoms with E-state index in [0.29, 0.717) is 12.0 Å². The van der Waals surface area contributed by atoms with E-state index in [0.717, 1.165) is 28.9 Å². The molecule has 21 heavy (non-hydrogen) atoms. The first kappa shape index (κ1) is 13.4. The number of fused-ring (bicyclic) bond motifs is 1. The maximum absolute atomic E-state index is 13.6. The maximum atomic E-state index is 13.6. The van der Waals surface area contributed by atoms with Gasteiger partial charge < -0.3 is 0 Å². The Morgan fingerprint density at radius 1 is 1.24 bits per heavy atom. The number of rotatable bonds is 3. The van der Waals surface area contributed by atoms with Gasteiger partial charge in [0.1, 0.15) is 18.0 Å². The fraction of sp³-hybridized carbons (Fsp3) is 0.125. The standard InChI is InChI=1S/C16H13F2N3/c1-11(2-3-12-8-14(17)5-6-15(12)18)13-4-7-16-19-10-20-21(16)9-13/h2,4-10H,3H2,1H3/b11-2+. The summed E-state index contributed by atoms with van der Waals surface area (Å²) in [4.78, 5) is 4.08. The molecule has 5 heteroatoms. The second kappa shape index (κ2) is 5.44. The molecule has 2 aromatic heterocycles. The molecular formula is C16H13F2N3. The third kappa shape index (κ3) is 2.81. The largest absolute Gasteiger partial charge is 0.221 e. The van der Waals surface area contributed by atoms with E-state index in [1.807, 2.05) is 31.3 Å². The molecule has 0 aliphatic rings. The zero-order valence-corrected chi connectivity index (χ0v) is 11.4. The minimum absolute atomic E-state index is 0.338. The quantitative estimate of drug-likeness (QED) is 0.735. The minimum Gasteiger partial charge on any atom is -0.221 e. The van der Waals surface area contributed by atoms with Crippen molar-refractivity contribution < 1.29 is 8.78 Å². The Morgan fingerprint density at radius 2 is 2.10 bits per heavy atom. The van der Waals surface area contributed by atoms with E-state index in [4.69, 9.17) is 0 Å². The molecule has 1 aromatic carbocycles. The van der Waals surface area contributed by atoms with E-state index < -0.39 is 11.6 Å². The lowest BCUT2D eigenvalue weighted by Crippen LogP contribution is -1.93. The van der Waals surface area contributed by atoms with Crippen LogP contribution in [0.4, 0.5) is 8.78 Å². The molecule has 0 radical (unpaired) electrons. The van der Waals surface area contributed by atoms with Crippen LogP contribution < -0.4 is 0 Å². The van der Waals surface area contributed by atoms with Crippen molar-refractivity contribution >= 4 is 11.2 Å². The monoisotopic (exact) mass is 285 g/mol. The first-order valence-electron chi connectivity index (χ1n) is 6.54. The molecule has 0 unspecified atom stereocenters. The van der Waals surface area contributed by atoms with E-state index in [2.05, 4.69) is 10.1 Å². The molecule has 0 aliphatic carbocycles. The molecule has 0 atom stereocenters. The van der Waals surface area contributed by atoms with Crippen LogP contribution in [0.25, 0.3) is 11.2 Å². The van der Waals surface area contributed by atoms with Crippen LogP contribution in [0.15, 0.2) is 48.9 Å². The summed E-state index contributed by atoms with van der Waals surface area (Å²) >= 11 is 0. The summed E-state index contributed by atoms with van der Waals surface area (Å²) in [6, 6.07) is 7.28. The van der Waals surface area contributed by atoms with E-state index in [9.17, 15) is 8.78 Å². The van der Waals surface area contributed by atoms with Gasteiger partial charge in [0.2, 0.25) is 0 Å². The molecule has 0 aliphatic heterocycles. The summed E-state index contributed by atoms with van der Waals surface area (Å²) < 4.78 is 28.4. The molecule has 106 valence electrons. The van der Waals surface area contributed by atoms with Gasteiger partial charge in [-0.3, -0.25) is 0 Å². The molecule has 0 N–H and O–H groups in total. The average molecular weight is 285 g/mol. The number of allylic oxidation sites excluding steroid dienone is 2. The van der Waals surface area contributed by atoms with E-state index in [1.54, 1.807) is 4.52 Å². The fourth-order valence-corrected chi connectivity index (χ4v) is 2.13. The Bertz CT molecular complexity index is 821. The number of hydrogen-bond donors (Lipinski definition) is 0. The van der Waals surface area contributed by atoms with Crippen LogP contribution in [-0.2, 0) is 6.42 Å². The zero-order valence-electron chi connectivity index (χ0n) is 11.4. The van der Waals surface area contributed by atoms with E-state index >= 15 is 0 Å². The molecule has 0 saturated heterocycles. The summed E-state index contributed by atoms with van der Waals surface area (Å²) in [6.07, 6.45) is 5.55. The Hall–Kier alpha value is -2.56. The molecular weight excluding hydrogens is 272 g/mol. The lowest BCUT2D eigenvalue weighted by Gasteiger charge is -2.04. The normalized spacial score (nSPS) is 12.0. The van der Waals surface area contributed by atoms with Crippen LogP contribution in [-0.4, -0.2) is 14.6 Å². The molecule has 0 amide bonds. The highest BCUT2D eigenvalue weighted by Gasteiger charge is 2.04. The van der Waals surface area contributed by atoms with Crippen molar-refractivity contribution in [1.29, 1.82) is 0 Å². The van der Waals surface area contributed by atoms with Crippen molar-refractivity contribution in [2.24, 2.45) is 0 Å². The van der Waals surface area contributed by atoms with E-state index in [-0.39, 0.29) is 0 Å². The fourth-order valence-electron chi connectivity index (χ4n) is 2.13. The Balaban J connectivity index is 1.86. The number of nitrogens with zero attached hydrogens (tertiary/aromatic N) is 3. The summed E-state index contributed by atoms with van der Waals surface area (Å²) in [7, 11) is 0. The molecule has 0 spiro atoms. The van der Waals surface area contributed by atoms with Crippen LogP contribution in [0.2, 0.25) is 0 Å². The molecule has 0 fully saturated rings. The summed E-state index contributed by atoms with van der Waals surface area (Å²) in [5.41, 5.74) is 3.04. The molecule has 0 saturated carbocycles. The van der Waals surface area contributed by atoms with Crippen molar-refractivity contribution in [2.75, 3.05) is 0 Å². The number of benzene rings is 1. The maximum Gasteiger partial charge on any atom is 0.155 e. The molecule has 3 rings (SSSR count). The molecule has 0 bridgehead atoms. The highest BCUT2D eigenvalue weighted by molar-refractivity contribution is 5.64. The third-order valence-corrected chi connectivity index (χ3v) is 3.37.